The zero-order valence-corrected chi connectivity index (χ0v) is 9.92. The third-order valence-electron chi connectivity index (χ3n) is 2.06. The summed E-state index contributed by atoms with van der Waals surface area (Å²) in [7, 11) is 0. The average molecular weight is 254 g/mol. The normalized spacial score (nSPS) is 12.6. The largest absolute Gasteiger partial charge is 0.480 e. The van der Waals surface area contributed by atoms with Crippen LogP contribution in [0.4, 0.5) is 0 Å². The maximum absolute atomic E-state index is 10.7. The number of thiazole rings is 1. The monoisotopic (exact) mass is 254 g/mol. The summed E-state index contributed by atoms with van der Waals surface area (Å²) in [5.74, 6) is -1.05. The molecule has 2 heterocycles. The van der Waals surface area contributed by atoms with Crippen LogP contribution in [0.25, 0.3) is 0 Å². The summed E-state index contributed by atoms with van der Waals surface area (Å²) in [5.41, 5.74) is 5.91. The van der Waals surface area contributed by atoms with Crippen molar-refractivity contribution in [2.45, 2.75) is 12.5 Å². The molecule has 2 rings (SSSR count). The van der Waals surface area contributed by atoms with Crippen LogP contribution in [0.2, 0.25) is 0 Å². The number of aliphatic carboxylic acids is 1. The molecule has 0 aliphatic carbocycles. The number of carboxylic acid groups (broad SMARTS) is 1. The van der Waals surface area contributed by atoms with E-state index in [9.17, 15) is 4.79 Å². The second-order valence-electron chi connectivity index (χ2n) is 3.24. The molecular formula is C10H10N2O2S2. The lowest BCUT2D eigenvalue weighted by Crippen LogP contribution is -2.20. The van der Waals surface area contributed by atoms with E-state index in [0.29, 0.717) is 5.69 Å². The Morgan fingerprint density at radius 3 is 3.00 bits per heavy atom. The van der Waals surface area contributed by atoms with Crippen molar-refractivity contribution in [1.29, 1.82) is 0 Å². The van der Waals surface area contributed by atoms with Gasteiger partial charge in [-0.05, 0) is 11.4 Å². The van der Waals surface area contributed by atoms with E-state index in [1.54, 1.807) is 16.7 Å². The minimum absolute atomic E-state index is 0.434. The van der Waals surface area contributed by atoms with E-state index in [-0.39, 0.29) is 0 Å². The predicted octanol–water partition coefficient (Wildman–Crippen LogP) is 1.88. The van der Waals surface area contributed by atoms with Crippen molar-refractivity contribution < 1.29 is 9.90 Å². The highest BCUT2D eigenvalue weighted by Crippen LogP contribution is 2.20. The fourth-order valence-electron chi connectivity index (χ4n) is 1.24. The van der Waals surface area contributed by atoms with Crippen LogP contribution in [0.3, 0.4) is 0 Å². The number of carbonyl (C=O) groups is 1. The lowest BCUT2D eigenvalue weighted by Gasteiger charge is -2.00. The molecule has 2 aromatic heterocycles. The van der Waals surface area contributed by atoms with E-state index in [1.807, 2.05) is 17.5 Å². The molecule has 0 aromatic carbocycles. The SMILES string of the molecule is NC(C(=O)O)c1csc(Cc2cccs2)n1. The van der Waals surface area contributed by atoms with Crippen LogP contribution in [0.1, 0.15) is 21.6 Å². The van der Waals surface area contributed by atoms with Crippen molar-refractivity contribution in [1.82, 2.24) is 4.98 Å². The van der Waals surface area contributed by atoms with Crippen LogP contribution in [0, 0.1) is 0 Å². The molecule has 0 bridgehead atoms. The highest BCUT2D eigenvalue weighted by Gasteiger charge is 2.17. The van der Waals surface area contributed by atoms with Crippen LogP contribution in [-0.4, -0.2) is 16.1 Å². The highest BCUT2D eigenvalue weighted by atomic mass is 32.1. The number of hydrogen-bond donors (Lipinski definition) is 2. The van der Waals surface area contributed by atoms with Gasteiger partial charge in [-0.15, -0.1) is 22.7 Å². The fraction of sp³-hybridized carbons (Fsp3) is 0.200. The summed E-state index contributed by atoms with van der Waals surface area (Å²) < 4.78 is 0. The van der Waals surface area contributed by atoms with E-state index >= 15 is 0 Å². The molecule has 0 amide bonds. The maximum Gasteiger partial charge on any atom is 0.326 e. The van der Waals surface area contributed by atoms with Gasteiger partial charge in [-0.1, -0.05) is 6.07 Å². The Morgan fingerprint density at radius 2 is 2.38 bits per heavy atom. The molecule has 0 spiro atoms. The summed E-state index contributed by atoms with van der Waals surface area (Å²) in [4.78, 5) is 16.1. The molecule has 84 valence electrons. The Balaban J connectivity index is 2.11. The highest BCUT2D eigenvalue weighted by molar-refractivity contribution is 7.11. The van der Waals surface area contributed by atoms with E-state index in [2.05, 4.69) is 4.98 Å². The van der Waals surface area contributed by atoms with Gasteiger partial charge < -0.3 is 10.8 Å². The van der Waals surface area contributed by atoms with Crippen molar-refractivity contribution in [2.75, 3.05) is 0 Å². The standard InChI is InChI=1S/C10H10N2O2S2/c11-9(10(13)14)7-5-16-8(12-7)4-6-2-1-3-15-6/h1-3,5,9H,4,11H2,(H,13,14). The lowest BCUT2D eigenvalue weighted by atomic mass is 10.2. The molecule has 2 aromatic rings. The summed E-state index contributed by atoms with van der Waals surface area (Å²) in [6, 6.07) is 2.99. The number of thiophene rings is 1. The number of nitrogens with zero attached hydrogens (tertiary/aromatic N) is 1. The fourth-order valence-corrected chi connectivity index (χ4v) is 2.89. The predicted molar refractivity (Wildman–Crippen MR) is 63.8 cm³/mol. The van der Waals surface area contributed by atoms with Crippen LogP contribution in [0.5, 0.6) is 0 Å². The van der Waals surface area contributed by atoms with Gasteiger partial charge in [0.15, 0.2) is 0 Å². The van der Waals surface area contributed by atoms with Crippen molar-refractivity contribution in [3.63, 3.8) is 0 Å². The third kappa shape index (κ3) is 2.46. The molecule has 4 nitrogen and oxygen atoms in total. The van der Waals surface area contributed by atoms with Crippen LogP contribution < -0.4 is 5.73 Å². The molecule has 0 fully saturated rings. The van der Waals surface area contributed by atoms with Gasteiger partial charge >= 0.3 is 5.97 Å². The molecule has 1 atom stereocenters. The van der Waals surface area contributed by atoms with Crippen molar-refractivity contribution in [2.24, 2.45) is 5.73 Å². The zero-order chi connectivity index (χ0) is 11.5. The Hall–Kier alpha value is -1.24. The van der Waals surface area contributed by atoms with Crippen LogP contribution >= 0.6 is 22.7 Å². The molecular weight excluding hydrogens is 244 g/mol. The molecule has 16 heavy (non-hydrogen) atoms. The van der Waals surface area contributed by atoms with Gasteiger partial charge in [0.2, 0.25) is 0 Å². The maximum atomic E-state index is 10.7. The second kappa shape index (κ2) is 4.73. The van der Waals surface area contributed by atoms with Gasteiger partial charge in [-0.2, -0.15) is 0 Å². The lowest BCUT2D eigenvalue weighted by molar-refractivity contribution is -0.138. The molecule has 0 radical (unpaired) electrons. The molecule has 0 saturated carbocycles. The summed E-state index contributed by atoms with van der Waals surface area (Å²) >= 11 is 3.11. The van der Waals surface area contributed by atoms with Gasteiger partial charge in [-0.25, -0.2) is 4.98 Å². The van der Waals surface area contributed by atoms with Gasteiger partial charge in [0, 0.05) is 16.7 Å². The summed E-state index contributed by atoms with van der Waals surface area (Å²) in [5, 5.41) is 13.4. The number of aromatic nitrogens is 1. The number of hydrogen-bond acceptors (Lipinski definition) is 5. The zero-order valence-electron chi connectivity index (χ0n) is 8.29. The smallest absolute Gasteiger partial charge is 0.326 e. The minimum Gasteiger partial charge on any atom is -0.480 e. The van der Waals surface area contributed by atoms with E-state index in [0.717, 1.165) is 11.4 Å². The Kier molecular flexibility index (Phi) is 3.33. The quantitative estimate of drug-likeness (QED) is 0.873. The average Bonchev–Trinajstić information content (AvgIpc) is 2.88. The second-order valence-corrected chi connectivity index (χ2v) is 5.21. The first-order valence-electron chi connectivity index (χ1n) is 4.62. The van der Waals surface area contributed by atoms with Crippen molar-refractivity contribution in [3.05, 3.63) is 38.5 Å². The van der Waals surface area contributed by atoms with Gasteiger partial charge in [-0.3, -0.25) is 4.79 Å². The van der Waals surface area contributed by atoms with E-state index in [4.69, 9.17) is 10.8 Å². The van der Waals surface area contributed by atoms with E-state index in [1.165, 1.54) is 16.2 Å². The first-order valence-corrected chi connectivity index (χ1v) is 6.38. The first kappa shape index (κ1) is 11.3. The molecule has 0 aliphatic rings. The van der Waals surface area contributed by atoms with Gasteiger partial charge in [0.1, 0.15) is 6.04 Å². The van der Waals surface area contributed by atoms with Crippen molar-refractivity contribution >= 4 is 28.6 Å². The van der Waals surface area contributed by atoms with Crippen molar-refractivity contribution in [3.8, 4) is 0 Å². The third-order valence-corrected chi connectivity index (χ3v) is 3.80. The number of carboxylic acids is 1. The van der Waals surface area contributed by atoms with Gasteiger partial charge in [0.25, 0.3) is 0 Å². The molecule has 0 aliphatic heterocycles. The number of nitrogens with two attached hydrogens (primary N) is 1. The Morgan fingerprint density at radius 1 is 1.56 bits per heavy atom. The molecule has 3 N–H and O–H groups in total. The Labute approximate surface area is 100 Å². The minimum atomic E-state index is -1.05. The number of rotatable bonds is 4. The molecule has 1 unspecified atom stereocenters. The van der Waals surface area contributed by atoms with Gasteiger partial charge in [0.05, 0.1) is 10.7 Å². The Bertz CT molecular complexity index is 479. The van der Waals surface area contributed by atoms with Crippen LogP contribution in [0.15, 0.2) is 22.9 Å². The van der Waals surface area contributed by atoms with E-state index < -0.39 is 12.0 Å². The molecule has 6 heteroatoms. The summed E-state index contributed by atoms with van der Waals surface area (Å²) in [6.07, 6.45) is 0.745. The summed E-state index contributed by atoms with van der Waals surface area (Å²) in [6.45, 7) is 0. The molecule has 0 saturated heterocycles. The topological polar surface area (TPSA) is 76.2 Å². The first-order chi connectivity index (χ1) is 7.66. The van der Waals surface area contributed by atoms with Crippen LogP contribution in [-0.2, 0) is 11.2 Å².